The molecule has 15 heavy (non-hydrogen) atoms. The number of nitrogens with one attached hydrogen (secondary N) is 1. The van der Waals surface area contributed by atoms with E-state index in [-0.39, 0.29) is 0 Å². The van der Waals surface area contributed by atoms with Crippen LogP contribution in [0.15, 0.2) is 12.3 Å². The van der Waals surface area contributed by atoms with Gasteiger partial charge >= 0.3 is 0 Å². The Morgan fingerprint density at radius 1 is 1.33 bits per heavy atom. The summed E-state index contributed by atoms with van der Waals surface area (Å²) in [5.41, 5.74) is 0. The highest BCUT2D eigenvalue weighted by molar-refractivity contribution is 5.39. The first-order valence-electron chi connectivity index (χ1n) is 5.91. The molecule has 82 valence electrons. The van der Waals surface area contributed by atoms with Crippen molar-refractivity contribution in [2.45, 2.75) is 19.4 Å². The topological polar surface area (TPSA) is 33.1 Å². The van der Waals surface area contributed by atoms with Crippen LogP contribution in [0.25, 0.3) is 0 Å². The second-order valence-corrected chi connectivity index (χ2v) is 4.55. The lowest BCUT2D eigenvalue weighted by Crippen LogP contribution is -2.44. The van der Waals surface area contributed by atoms with Crippen molar-refractivity contribution < 1.29 is 0 Å². The number of hydrogen-bond acceptors (Lipinski definition) is 3. The SMILES string of the molecule is c1cc(N2CCNCC2)n(CC2CC2)n1. The van der Waals surface area contributed by atoms with Gasteiger partial charge in [-0.3, -0.25) is 0 Å². The summed E-state index contributed by atoms with van der Waals surface area (Å²) in [6.07, 6.45) is 4.71. The van der Waals surface area contributed by atoms with Gasteiger partial charge in [0, 0.05) is 38.8 Å². The highest BCUT2D eigenvalue weighted by Gasteiger charge is 2.24. The highest BCUT2D eigenvalue weighted by atomic mass is 15.4. The second kappa shape index (κ2) is 3.85. The fraction of sp³-hybridized carbons (Fsp3) is 0.727. The van der Waals surface area contributed by atoms with Crippen LogP contribution in [0, 0.1) is 5.92 Å². The van der Waals surface area contributed by atoms with Gasteiger partial charge in [0.2, 0.25) is 0 Å². The molecule has 0 aromatic carbocycles. The van der Waals surface area contributed by atoms with Crippen molar-refractivity contribution in [3.8, 4) is 0 Å². The Hall–Kier alpha value is -1.03. The molecule has 2 fully saturated rings. The summed E-state index contributed by atoms with van der Waals surface area (Å²) in [7, 11) is 0. The molecular formula is C11H18N4. The first kappa shape index (κ1) is 9.21. The van der Waals surface area contributed by atoms with Gasteiger partial charge in [0.25, 0.3) is 0 Å². The first-order chi connectivity index (χ1) is 7.43. The van der Waals surface area contributed by atoms with Crippen LogP contribution in [0.2, 0.25) is 0 Å². The summed E-state index contributed by atoms with van der Waals surface area (Å²) in [5.74, 6) is 2.20. The lowest BCUT2D eigenvalue weighted by atomic mass is 10.3. The van der Waals surface area contributed by atoms with Crippen LogP contribution in [0.5, 0.6) is 0 Å². The van der Waals surface area contributed by atoms with Gasteiger partial charge in [-0.1, -0.05) is 0 Å². The third-order valence-electron chi connectivity index (χ3n) is 3.26. The Labute approximate surface area is 90.3 Å². The van der Waals surface area contributed by atoms with E-state index in [1.54, 1.807) is 0 Å². The second-order valence-electron chi connectivity index (χ2n) is 4.55. The highest BCUT2D eigenvalue weighted by Crippen LogP contribution is 2.31. The molecule has 1 saturated heterocycles. The predicted octanol–water partition coefficient (Wildman–Crippen LogP) is 0.703. The number of rotatable bonds is 3. The van der Waals surface area contributed by atoms with Gasteiger partial charge in [0.1, 0.15) is 5.82 Å². The molecule has 4 nitrogen and oxygen atoms in total. The molecule has 0 amide bonds. The van der Waals surface area contributed by atoms with Crippen LogP contribution >= 0.6 is 0 Å². The van der Waals surface area contributed by atoms with E-state index in [4.69, 9.17) is 0 Å². The number of anilines is 1. The minimum Gasteiger partial charge on any atom is -0.354 e. The average molecular weight is 206 g/mol. The summed E-state index contributed by atoms with van der Waals surface area (Å²) in [4.78, 5) is 2.44. The van der Waals surface area contributed by atoms with E-state index in [9.17, 15) is 0 Å². The van der Waals surface area contributed by atoms with Crippen molar-refractivity contribution in [3.05, 3.63) is 12.3 Å². The molecule has 1 aromatic rings. The lowest BCUT2D eigenvalue weighted by molar-refractivity contribution is 0.529. The summed E-state index contributed by atoms with van der Waals surface area (Å²) < 4.78 is 2.18. The maximum absolute atomic E-state index is 4.43. The normalized spacial score (nSPS) is 22.0. The number of hydrogen-bond donors (Lipinski definition) is 1. The maximum atomic E-state index is 4.43. The van der Waals surface area contributed by atoms with Gasteiger partial charge in [0.05, 0.1) is 6.20 Å². The lowest BCUT2D eigenvalue weighted by Gasteiger charge is -2.29. The third-order valence-corrected chi connectivity index (χ3v) is 3.26. The zero-order valence-corrected chi connectivity index (χ0v) is 9.02. The molecule has 1 aliphatic heterocycles. The fourth-order valence-corrected chi connectivity index (χ4v) is 2.17. The van der Waals surface area contributed by atoms with E-state index >= 15 is 0 Å². The summed E-state index contributed by atoms with van der Waals surface area (Å²) in [5, 5.41) is 7.80. The molecule has 2 heterocycles. The van der Waals surface area contributed by atoms with Crippen molar-refractivity contribution in [1.82, 2.24) is 15.1 Å². The summed E-state index contributed by atoms with van der Waals surface area (Å²) >= 11 is 0. The van der Waals surface area contributed by atoms with Crippen molar-refractivity contribution in [1.29, 1.82) is 0 Å². The molecule has 0 spiro atoms. The van der Waals surface area contributed by atoms with Crippen molar-refractivity contribution in [2.24, 2.45) is 5.92 Å². The van der Waals surface area contributed by atoms with E-state index in [2.05, 4.69) is 26.1 Å². The third kappa shape index (κ3) is 2.00. The van der Waals surface area contributed by atoms with E-state index < -0.39 is 0 Å². The van der Waals surface area contributed by atoms with E-state index in [1.807, 2.05) is 6.20 Å². The van der Waals surface area contributed by atoms with E-state index in [1.165, 1.54) is 18.7 Å². The Balaban J connectivity index is 1.73. The van der Waals surface area contributed by atoms with Gasteiger partial charge in [-0.25, -0.2) is 4.68 Å². The van der Waals surface area contributed by atoms with Gasteiger partial charge in [-0.15, -0.1) is 0 Å². The fourth-order valence-electron chi connectivity index (χ4n) is 2.17. The molecule has 1 N–H and O–H groups in total. The maximum Gasteiger partial charge on any atom is 0.126 e. The smallest absolute Gasteiger partial charge is 0.126 e. The molecule has 3 rings (SSSR count). The summed E-state index contributed by atoms with van der Waals surface area (Å²) in [6, 6.07) is 2.15. The number of nitrogens with zero attached hydrogens (tertiary/aromatic N) is 3. The molecule has 4 heteroatoms. The van der Waals surface area contributed by atoms with Crippen LogP contribution in [0.1, 0.15) is 12.8 Å². The molecular weight excluding hydrogens is 188 g/mol. The minimum atomic E-state index is 0.895. The zero-order valence-electron chi connectivity index (χ0n) is 9.02. The molecule has 2 aliphatic rings. The Kier molecular flexibility index (Phi) is 2.37. The van der Waals surface area contributed by atoms with Crippen LogP contribution < -0.4 is 10.2 Å². The summed E-state index contributed by atoms with van der Waals surface area (Å²) in [6.45, 7) is 5.52. The Bertz CT molecular complexity index is 323. The van der Waals surface area contributed by atoms with Crippen LogP contribution in [0.3, 0.4) is 0 Å². The number of aromatic nitrogens is 2. The quantitative estimate of drug-likeness (QED) is 0.790. The van der Waals surface area contributed by atoms with Gasteiger partial charge in [-0.2, -0.15) is 5.10 Å². The standard InChI is InChI=1S/C11H18N4/c1-2-10(1)9-15-11(3-4-13-15)14-7-5-12-6-8-14/h3-4,10,12H,1-2,5-9H2. The molecule has 0 radical (unpaired) electrons. The minimum absolute atomic E-state index is 0.895. The van der Waals surface area contributed by atoms with E-state index in [0.29, 0.717) is 0 Å². The molecule has 1 aliphatic carbocycles. The van der Waals surface area contributed by atoms with Crippen molar-refractivity contribution in [2.75, 3.05) is 31.1 Å². The van der Waals surface area contributed by atoms with E-state index in [0.717, 1.165) is 38.6 Å². The zero-order chi connectivity index (χ0) is 10.1. The molecule has 0 unspecified atom stereocenters. The molecule has 0 atom stereocenters. The van der Waals surface area contributed by atoms with Crippen molar-refractivity contribution in [3.63, 3.8) is 0 Å². The van der Waals surface area contributed by atoms with Gasteiger partial charge < -0.3 is 10.2 Å². The monoisotopic (exact) mass is 206 g/mol. The number of piperazine rings is 1. The van der Waals surface area contributed by atoms with Gasteiger partial charge in [-0.05, 0) is 18.8 Å². The first-order valence-corrected chi connectivity index (χ1v) is 5.91. The van der Waals surface area contributed by atoms with Crippen LogP contribution in [-0.4, -0.2) is 36.0 Å². The van der Waals surface area contributed by atoms with Crippen molar-refractivity contribution >= 4 is 5.82 Å². The van der Waals surface area contributed by atoms with Crippen LogP contribution in [0.4, 0.5) is 5.82 Å². The largest absolute Gasteiger partial charge is 0.354 e. The average Bonchev–Trinajstić information content (AvgIpc) is 2.96. The predicted molar refractivity (Wildman–Crippen MR) is 60.0 cm³/mol. The Morgan fingerprint density at radius 3 is 2.87 bits per heavy atom. The van der Waals surface area contributed by atoms with Crippen LogP contribution in [-0.2, 0) is 6.54 Å². The molecule has 1 aromatic heterocycles. The molecule has 0 bridgehead atoms. The van der Waals surface area contributed by atoms with Gasteiger partial charge in [0.15, 0.2) is 0 Å². The Morgan fingerprint density at radius 2 is 2.13 bits per heavy atom. The molecule has 1 saturated carbocycles.